The number of rotatable bonds is 24. The number of carbonyl (C=O) groups is 1. The van der Waals surface area contributed by atoms with Crippen molar-refractivity contribution in [1.82, 2.24) is 4.90 Å². The van der Waals surface area contributed by atoms with E-state index in [-0.39, 0.29) is 18.0 Å². The first-order valence-corrected chi connectivity index (χ1v) is 19.2. The molecule has 0 fully saturated rings. The molecule has 0 radical (unpaired) electrons. The van der Waals surface area contributed by atoms with Gasteiger partial charge in [-0.25, -0.2) is 0 Å². The van der Waals surface area contributed by atoms with Crippen LogP contribution in [-0.4, -0.2) is 22.9 Å². The lowest BCUT2D eigenvalue weighted by Gasteiger charge is -2.29. The van der Waals surface area contributed by atoms with Crippen molar-refractivity contribution >= 4 is 5.91 Å². The molecule has 0 rings (SSSR count). The Balaban J connectivity index is 4.34. The van der Waals surface area contributed by atoms with Crippen LogP contribution in [0.1, 0.15) is 180 Å². The first-order valence-electron chi connectivity index (χ1n) is 19.2. The highest BCUT2D eigenvalue weighted by Crippen LogP contribution is 2.17. The van der Waals surface area contributed by atoms with E-state index in [4.69, 9.17) is 0 Å². The van der Waals surface area contributed by atoms with Crippen LogP contribution in [0.5, 0.6) is 0 Å². The van der Waals surface area contributed by atoms with Gasteiger partial charge in [-0.3, -0.25) is 4.79 Å². The van der Waals surface area contributed by atoms with Crippen LogP contribution in [0.3, 0.4) is 0 Å². The molecule has 0 aromatic carbocycles. The van der Waals surface area contributed by atoms with Crippen molar-refractivity contribution in [1.29, 1.82) is 0 Å². The molecule has 0 aromatic heterocycles. The fourth-order valence-corrected chi connectivity index (χ4v) is 5.94. The zero-order valence-corrected chi connectivity index (χ0v) is 34.0. The van der Waals surface area contributed by atoms with Gasteiger partial charge in [0.2, 0.25) is 5.91 Å². The second kappa shape index (κ2) is 27.2. The Morgan fingerprint density at radius 1 is 0.396 bits per heavy atom. The van der Waals surface area contributed by atoms with Gasteiger partial charge in [0.05, 0.1) is 0 Å². The molecule has 0 unspecified atom stereocenters. The summed E-state index contributed by atoms with van der Waals surface area (Å²) in [4.78, 5) is 14.6. The summed E-state index contributed by atoms with van der Waals surface area (Å²) in [5.74, 6) is 0.135. The molecular weight excluding hydrogens is 583 g/mol. The second-order valence-electron chi connectivity index (χ2n) is 15.3. The smallest absolute Gasteiger partial charge is 0.246 e. The molecule has 0 aliphatic carbocycles. The van der Waals surface area contributed by atoms with Crippen molar-refractivity contribution in [3.05, 3.63) is 93.2 Å². The molecule has 0 aliphatic rings. The molecule has 0 aromatic rings. The average molecular weight is 660 g/mol. The topological polar surface area (TPSA) is 20.3 Å². The van der Waals surface area contributed by atoms with Crippen LogP contribution in [0.4, 0.5) is 0 Å². The first kappa shape index (κ1) is 45.4. The highest BCUT2D eigenvalue weighted by Gasteiger charge is 2.18. The van der Waals surface area contributed by atoms with Gasteiger partial charge in [0, 0.05) is 18.2 Å². The summed E-state index contributed by atoms with van der Waals surface area (Å²) < 4.78 is 0. The largest absolute Gasteiger partial charge is 0.334 e. The molecule has 0 saturated carbocycles. The summed E-state index contributed by atoms with van der Waals surface area (Å²) in [6, 6.07) is 0.445. The summed E-state index contributed by atoms with van der Waals surface area (Å²) in [6.07, 6.45) is 34.5. The van der Waals surface area contributed by atoms with E-state index in [1.807, 2.05) is 11.0 Å². The van der Waals surface area contributed by atoms with E-state index in [0.29, 0.717) is 0 Å². The van der Waals surface area contributed by atoms with Gasteiger partial charge in [0.1, 0.15) is 0 Å². The maximum atomic E-state index is 12.7. The highest BCUT2D eigenvalue weighted by atomic mass is 16.2. The van der Waals surface area contributed by atoms with Crippen LogP contribution in [0, 0.1) is 0 Å². The lowest BCUT2D eigenvalue weighted by molar-refractivity contribution is -0.129. The Morgan fingerprint density at radius 3 is 0.854 bits per heavy atom. The molecule has 2 heteroatoms. The number of hydrogen-bond donors (Lipinski definition) is 0. The monoisotopic (exact) mass is 660 g/mol. The number of hydrogen-bond acceptors (Lipinski definition) is 1. The normalized spacial score (nSPS) is 14.4. The number of allylic oxidation sites excluding steroid dienone is 15. The van der Waals surface area contributed by atoms with Gasteiger partial charge in [-0.1, -0.05) is 87.1 Å². The minimum atomic E-state index is 0.135. The fraction of sp³-hybridized carbons (Fsp3) is 0.630. The molecule has 0 bridgehead atoms. The molecule has 0 atom stereocenters. The van der Waals surface area contributed by atoms with Gasteiger partial charge < -0.3 is 4.90 Å². The number of carbonyl (C=O) groups excluding carboxylic acids is 1. The van der Waals surface area contributed by atoms with E-state index < -0.39 is 0 Å². The Morgan fingerprint density at radius 2 is 0.625 bits per heavy atom. The predicted octanol–water partition coefficient (Wildman–Crippen LogP) is 14.7. The van der Waals surface area contributed by atoms with Crippen molar-refractivity contribution < 1.29 is 4.79 Å². The third kappa shape index (κ3) is 25.4. The van der Waals surface area contributed by atoms with Gasteiger partial charge in [-0.05, 0) is 180 Å². The average Bonchev–Trinajstić information content (AvgIpc) is 2.96. The van der Waals surface area contributed by atoms with Crippen molar-refractivity contribution in [2.45, 2.75) is 192 Å². The van der Waals surface area contributed by atoms with E-state index in [1.165, 1.54) is 64.7 Å². The standard InChI is InChI=1S/C46H77NO/c1-36(2)21-14-22-39(7)23-15-24-40(8)25-16-26-41(9)27-17-28-42(10)29-18-30-43(11)31-19-32-44(12)33-20-34-45(13)35-46(48)47(37(3)4)38(5)6/h21,23,25,27,29,31,33,35,37-38H,14-20,22,24,26,28,30,32,34H2,1-13H3/b39-23+,40-25+,41-27-,42-29-,43-31-,44-33-,45-35-. The minimum Gasteiger partial charge on any atom is -0.334 e. The quantitative estimate of drug-likeness (QED) is 0.0746. The van der Waals surface area contributed by atoms with Gasteiger partial charge in [-0.15, -0.1) is 0 Å². The maximum Gasteiger partial charge on any atom is 0.246 e. The lowest BCUT2D eigenvalue weighted by atomic mass is 10.0. The van der Waals surface area contributed by atoms with Gasteiger partial charge >= 0.3 is 0 Å². The minimum absolute atomic E-state index is 0.135. The maximum absolute atomic E-state index is 12.7. The SMILES string of the molecule is CC(C)=CCC/C(C)=C/CC/C(C)=C/CC/C(C)=C\CC/C(C)=C\CC/C(C)=C\CC/C(C)=C\CC/C(C)=C\C(=O)N(C(C)C)C(C)C. The Kier molecular flexibility index (Phi) is 25.8. The van der Waals surface area contributed by atoms with Crippen LogP contribution in [0.2, 0.25) is 0 Å². The molecule has 0 N–H and O–H groups in total. The van der Waals surface area contributed by atoms with Gasteiger partial charge in [-0.2, -0.15) is 0 Å². The molecule has 1 amide bonds. The third-order valence-corrected chi connectivity index (χ3v) is 9.02. The van der Waals surface area contributed by atoms with Gasteiger partial charge in [0.25, 0.3) is 0 Å². The Labute approximate surface area is 300 Å². The van der Waals surface area contributed by atoms with E-state index in [9.17, 15) is 4.79 Å². The second-order valence-corrected chi connectivity index (χ2v) is 15.3. The van der Waals surface area contributed by atoms with Crippen molar-refractivity contribution in [2.24, 2.45) is 0 Å². The molecule has 0 heterocycles. The number of amides is 1. The van der Waals surface area contributed by atoms with Crippen molar-refractivity contribution in [3.63, 3.8) is 0 Å². The summed E-state index contributed by atoms with van der Waals surface area (Å²) in [5.41, 5.74) is 11.6. The lowest BCUT2D eigenvalue weighted by Crippen LogP contribution is -2.41. The molecule has 0 saturated heterocycles. The van der Waals surface area contributed by atoms with Crippen LogP contribution in [0.25, 0.3) is 0 Å². The Bertz CT molecular complexity index is 1160. The molecule has 2 nitrogen and oxygen atoms in total. The van der Waals surface area contributed by atoms with E-state index >= 15 is 0 Å². The molecule has 0 spiro atoms. The number of nitrogens with zero attached hydrogens (tertiary/aromatic N) is 1. The molecular formula is C46H77NO. The van der Waals surface area contributed by atoms with Crippen LogP contribution < -0.4 is 0 Å². The Hall–Kier alpha value is -2.61. The van der Waals surface area contributed by atoms with E-state index in [0.717, 1.165) is 69.8 Å². The molecule has 48 heavy (non-hydrogen) atoms. The van der Waals surface area contributed by atoms with Crippen molar-refractivity contribution in [3.8, 4) is 0 Å². The van der Waals surface area contributed by atoms with Crippen LogP contribution in [-0.2, 0) is 4.79 Å². The van der Waals surface area contributed by atoms with E-state index in [1.54, 1.807) is 0 Å². The zero-order valence-electron chi connectivity index (χ0n) is 34.0. The van der Waals surface area contributed by atoms with Crippen LogP contribution in [0.15, 0.2) is 93.2 Å². The zero-order chi connectivity index (χ0) is 36.5. The van der Waals surface area contributed by atoms with Gasteiger partial charge in [0.15, 0.2) is 0 Å². The fourth-order valence-electron chi connectivity index (χ4n) is 5.94. The predicted molar refractivity (Wildman–Crippen MR) is 217 cm³/mol. The summed E-state index contributed by atoms with van der Waals surface area (Å²) in [5, 5.41) is 0. The third-order valence-electron chi connectivity index (χ3n) is 9.02. The summed E-state index contributed by atoms with van der Waals surface area (Å²) in [7, 11) is 0. The molecule has 272 valence electrons. The summed E-state index contributed by atoms with van der Waals surface area (Å²) >= 11 is 0. The van der Waals surface area contributed by atoms with Crippen LogP contribution >= 0.6 is 0 Å². The van der Waals surface area contributed by atoms with E-state index in [2.05, 4.69) is 133 Å². The molecule has 0 aliphatic heterocycles. The summed E-state index contributed by atoms with van der Waals surface area (Å²) in [6.45, 7) is 28.4. The highest BCUT2D eigenvalue weighted by molar-refractivity contribution is 5.88. The van der Waals surface area contributed by atoms with Crippen molar-refractivity contribution in [2.75, 3.05) is 0 Å². The first-order chi connectivity index (χ1) is 22.6.